The molecule has 0 amide bonds. The summed E-state index contributed by atoms with van der Waals surface area (Å²) in [6.07, 6.45) is 1.07. The Bertz CT molecular complexity index is 524. The van der Waals surface area contributed by atoms with E-state index in [1.54, 1.807) is 0 Å². The van der Waals surface area contributed by atoms with Crippen LogP contribution in [0.2, 0.25) is 0 Å². The summed E-state index contributed by atoms with van der Waals surface area (Å²) in [5.74, 6) is -0.165. The van der Waals surface area contributed by atoms with Gasteiger partial charge in [-0.15, -0.1) is 6.58 Å². The van der Waals surface area contributed by atoms with Crippen molar-refractivity contribution in [2.45, 2.75) is 5.25 Å². The van der Waals surface area contributed by atoms with Gasteiger partial charge in [-0.05, 0) is 17.7 Å². The van der Waals surface area contributed by atoms with E-state index in [9.17, 15) is 13.5 Å². The van der Waals surface area contributed by atoms with Crippen LogP contribution in [0.15, 0.2) is 24.8 Å². The maximum atomic E-state index is 11.2. The quantitative estimate of drug-likeness (QED) is 0.624. The van der Waals surface area contributed by atoms with Gasteiger partial charge < -0.3 is 14.6 Å². The molecule has 0 saturated heterocycles. The monoisotopic (exact) mass is 274 g/mol. The van der Waals surface area contributed by atoms with Crippen molar-refractivity contribution in [3.05, 3.63) is 30.4 Å². The Morgan fingerprint density at radius 3 is 2.00 bits per heavy atom. The van der Waals surface area contributed by atoms with Gasteiger partial charge in [-0.1, -0.05) is 6.08 Å². The molecule has 0 aliphatic rings. The first kappa shape index (κ1) is 14.3. The normalized spacial score (nSPS) is 12.8. The number of benzene rings is 1. The second-order valence-corrected chi connectivity index (χ2v) is 4.98. The van der Waals surface area contributed by atoms with Crippen molar-refractivity contribution < 1.29 is 27.6 Å². The third kappa shape index (κ3) is 2.74. The number of aromatic hydroxyl groups is 1. The Labute approximate surface area is 105 Å². The third-order valence-corrected chi connectivity index (χ3v) is 3.47. The van der Waals surface area contributed by atoms with Crippen molar-refractivity contribution >= 4 is 10.1 Å². The van der Waals surface area contributed by atoms with E-state index < -0.39 is 15.4 Å². The Hall–Kier alpha value is -1.73. The van der Waals surface area contributed by atoms with Crippen LogP contribution in [0.4, 0.5) is 0 Å². The number of hydrogen-bond donors (Lipinski definition) is 2. The highest BCUT2D eigenvalue weighted by Crippen LogP contribution is 2.40. The molecule has 6 nitrogen and oxygen atoms in total. The zero-order valence-corrected chi connectivity index (χ0v) is 10.8. The lowest BCUT2D eigenvalue weighted by Gasteiger charge is -2.14. The molecule has 0 aliphatic carbocycles. The number of phenolic OH excluding ortho intramolecular Hbond substituents is 1. The molecule has 1 aromatic rings. The van der Waals surface area contributed by atoms with Gasteiger partial charge in [0.2, 0.25) is 5.75 Å². The average Bonchev–Trinajstić information content (AvgIpc) is 2.29. The van der Waals surface area contributed by atoms with Gasteiger partial charge in [0.05, 0.1) is 14.2 Å². The molecular formula is C11H14O6S. The van der Waals surface area contributed by atoms with Gasteiger partial charge in [0.15, 0.2) is 11.5 Å². The smallest absolute Gasteiger partial charge is 0.275 e. The zero-order valence-electron chi connectivity index (χ0n) is 9.95. The number of ether oxygens (including phenoxy) is 2. The first-order valence-electron chi connectivity index (χ1n) is 4.88. The highest BCUT2D eigenvalue weighted by molar-refractivity contribution is 7.86. The summed E-state index contributed by atoms with van der Waals surface area (Å²) < 4.78 is 41.2. The molecule has 2 N–H and O–H groups in total. The van der Waals surface area contributed by atoms with Crippen LogP contribution >= 0.6 is 0 Å². The van der Waals surface area contributed by atoms with E-state index in [1.807, 2.05) is 0 Å². The minimum absolute atomic E-state index is 0.0415. The van der Waals surface area contributed by atoms with Crippen LogP contribution in [0.25, 0.3) is 0 Å². The Balaban J connectivity index is 3.46. The SMILES string of the molecule is C=CC(c1cc(OC)c(O)c(OC)c1)S(=O)(=O)O. The van der Waals surface area contributed by atoms with Crippen molar-refractivity contribution in [3.8, 4) is 17.2 Å². The number of methoxy groups -OCH3 is 2. The maximum Gasteiger partial charge on any atom is 0.275 e. The zero-order chi connectivity index (χ0) is 13.9. The predicted molar refractivity (Wildman–Crippen MR) is 65.7 cm³/mol. The van der Waals surface area contributed by atoms with Gasteiger partial charge in [0.1, 0.15) is 5.25 Å². The highest BCUT2D eigenvalue weighted by Gasteiger charge is 2.24. The molecule has 1 unspecified atom stereocenters. The topological polar surface area (TPSA) is 93.1 Å². The summed E-state index contributed by atoms with van der Waals surface area (Å²) in [4.78, 5) is 0. The summed E-state index contributed by atoms with van der Waals surface area (Å²) in [5.41, 5.74) is 0.180. The van der Waals surface area contributed by atoms with Crippen LogP contribution in [0.5, 0.6) is 17.2 Å². The molecule has 0 spiro atoms. The number of phenols is 1. The molecule has 0 bridgehead atoms. The Morgan fingerprint density at radius 1 is 1.28 bits per heavy atom. The van der Waals surface area contributed by atoms with E-state index >= 15 is 0 Å². The molecule has 1 atom stereocenters. The standard InChI is InChI=1S/C11H14O6S/c1-4-10(18(13,14)15)7-5-8(16-2)11(12)9(6-7)17-3/h4-6,10,12H,1H2,2-3H3,(H,13,14,15). The predicted octanol–water partition coefficient (Wildman–Crippen LogP) is 1.52. The fourth-order valence-corrected chi connectivity index (χ4v) is 2.23. The summed E-state index contributed by atoms with van der Waals surface area (Å²) in [6.45, 7) is 3.35. The summed E-state index contributed by atoms with van der Waals surface area (Å²) >= 11 is 0. The van der Waals surface area contributed by atoms with Gasteiger partial charge in [0.25, 0.3) is 10.1 Å². The van der Waals surface area contributed by atoms with Gasteiger partial charge in [-0.2, -0.15) is 8.42 Å². The maximum absolute atomic E-state index is 11.2. The van der Waals surface area contributed by atoms with Crippen LogP contribution in [0, 0.1) is 0 Å². The first-order valence-corrected chi connectivity index (χ1v) is 6.39. The molecule has 0 aromatic heterocycles. The Morgan fingerprint density at radius 2 is 1.72 bits per heavy atom. The van der Waals surface area contributed by atoms with E-state index in [0.29, 0.717) is 0 Å². The summed E-state index contributed by atoms with van der Waals surface area (Å²) in [5, 5.41) is 8.36. The molecule has 0 saturated carbocycles. The minimum atomic E-state index is -4.34. The fraction of sp³-hybridized carbons (Fsp3) is 0.273. The van der Waals surface area contributed by atoms with Crippen molar-refractivity contribution in [2.24, 2.45) is 0 Å². The molecule has 100 valence electrons. The average molecular weight is 274 g/mol. The lowest BCUT2D eigenvalue weighted by molar-refractivity contribution is 0.339. The molecule has 0 fully saturated rings. The van der Waals surface area contributed by atoms with Crippen molar-refractivity contribution in [3.63, 3.8) is 0 Å². The molecule has 7 heteroatoms. The van der Waals surface area contributed by atoms with Crippen LogP contribution in [0.3, 0.4) is 0 Å². The van der Waals surface area contributed by atoms with Crippen LogP contribution in [0.1, 0.15) is 10.8 Å². The van der Waals surface area contributed by atoms with E-state index in [0.717, 1.165) is 6.08 Å². The van der Waals surface area contributed by atoms with Crippen LogP contribution < -0.4 is 9.47 Å². The molecule has 1 rings (SSSR count). The van der Waals surface area contributed by atoms with E-state index in [2.05, 4.69) is 6.58 Å². The minimum Gasteiger partial charge on any atom is -0.502 e. The van der Waals surface area contributed by atoms with Gasteiger partial charge in [-0.25, -0.2) is 0 Å². The largest absolute Gasteiger partial charge is 0.502 e. The van der Waals surface area contributed by atoms with E-state index in [1.165, 1.54) is 26.4 Å². The molecule has 0 aliphatic heterocycles. The molecule has 0 radical (unpaired) electrons. The second kappa shape index (κ2) is 5.28. The summed E-state index contributed by atoms with van der Waals surface area (Å²) in [6, 6.07) is 2.58. The Kier molecular flexibility index (Phi) is 4.20. The molecule has 1 aromatic carbocycles. The van der Waals surface area contributed by atoms with Gasteiger partial charge >= 0.3 is 0 Å². The molecule has 0 heterocycles. The van der Waals surface area contributed by atoms with Gasteiger partial charge in [0, 0.05) is 0 Å². The second-order valence-electron chi connectivity index (χ2n) is 3.45. The highest BCUT2D eigenvalue weighted by atomic mass is 32.2. The third-order valence-electron chi connectivity index (χ3n) is 2.37. The fourth-order valence-electron chi connectivity index (χ4n) is 1.51. The number of rotatable bonds is 5. The van der Waals surface area contributed by atoms with Crippen LogP contribution in [-0.4, -0.2) is 32.3 Å². The molecule has 18 heavy (non-hydrogen) atoms. The van der Waals surface area contributed by atoms with Crippen LogP contribution in [-0.2, 0) is 10.1 Å². The first-order chi connectivity index (χ1) is 8.35. The molecular weight excluding hydrogens is 260 g/mol. The van der Waals surface area contributed by atoms with E-state index in [-0.39, 0.29) is 22.8 Å². The number of hydrogen-bond acceptors (Lipinski definition) is 5. The van der Waals surface area contributed by atoms with E-state index in [4.69, 9.17) is 14.0 Å². The summed E-state index contributed by atoms with van der Waals surface area (Å²) in [7, 11) is -1.71. The van der Waals surface area contributed by atoms with Crippen molar-refractivity contribution in [2.75, 3.05) is 14.2 Å². The van der Waals surface area contributed by atoms with Crippen molar-refractivity contribution in [1.29, 1.82) is 0 Å². The van der Waals surface area contributed by atoms with Crippen molar-refractivity contribution in [1.82, 2.24) is 0 Å². The lowest BCUT2D eigenvalue weighted by Crippen LogP contribution is -2.10. The lowest BCUT2D eigenvalue weighted by atomic mass is 10.1. The van der Waals surface area contributed by atoms with Gasteiger partial charge in [-0.3, -0.25) is 4.55 Å².